The molecule has 1 atom stereocenters. The first kappa shape index (κ1) is 11.5. The van der Waals surface area contributed by atoms with Crippen LogP contribution >= 0.6 is 0 Å². The van der Waals surface area contributed by atoms with Crippen LogP contribution in [0.3, 0.4) is 0 Å². The van der Waals surface area contributed by atoms with E-state index in [0.29, 0.717) is 5.92 Å². The maximum Gasteiger partial charge on any atom is 0.128 e. The van der Waals surface area contributed by atoms with Crippen molar-refractivity contribution in [3.8, 4) is 0 Å². The van der Waals surface area contributed by atoms with Crippen LogP contribution in [0.5, 0.6) is 0 Å². The molecule has 3 nitrogen and oxygen atoms in total. The number of likely N-dealkylation sites (tertiary alicyclic amines) is 1. The topological polar surface area (TPSA) is 29.3 Å². The Kier molecular flexibility index (Phi) is 3.15. The van der Waals surface area contributed by atoms with Crippen LogP contribution in [-0.4, -0.2) is 23.1 Å². The molecule has 3 rings (SSSR count). The summed E-state index contributed by atoms with van der Waals surface area (Å²) >= 11 is 0. The number of hydrogen-bond acceptors (Lipinski definition) is 3. The van der Waals surface area contributed by atoms with Crippen molar-refractivity contribution >= 4 is 0 Å². The predicted molar refractivity (Wildman–Crippen MR) is 70.3 cm³/mol. The van der Waals surface area contributed by atoms with Crippen LogP contribution in [0.4, 0.5) is 0 Å². The molecule has 0 N–H and O–H groups in total. The van der Waals surface area contributed by atoms with E-state index in [4.69, 9.17) is 4.52 Å². The van der Waals surface area contributed by atoms with Gasteiger partial charge in [-0.2, -0.15) is 0 Å². The lowest BCUT2D eigenvalue weighted by atomic mass is 9.99. The van der Waals surface area contributed by atoms with E-state index in [2.05, 4.69) is 40.4 Å². The van der Waals surface area contributed by atoms with E-state index in [9.17, 15) is 0 Å². The van der Waals surface area contributed by atoms with Gasteiger partial charge in [-0.1, -0.05) is 35.5 Å². The number of aromatic nitrogens is 1. The third kappa shape index (κ3) is 2.31. The maximum absolute atomic E-state index is 4.99. The summed E-state index contributed by atoms with van der Waals surface area (Å²) in [7, 11) is 0. The first-order chi connectivity index (χ1) is 8.83. The quantitative estimate of drug-likeness (QED) is 0.828. The molecule has 1 aliphatic rings. The molecule has 3 heteroatoms. The second-order valence-corrected chi connectivity index (χ2v) is 5.06. The molecule has 0 radical (unpaired) electrons. The largest absolute Gasteiger partial charge is 0.364 e. The van der Waals surface area contributed by atoms with Crippen LogP contribution in [0.25, 0.3) is 0 Å². The molecule has 18 heavy (non-hydrogen) atoms. The van der Waals surface area contributed by atoms with Crippen molar-refractivity contribution < 1.29 is 4.52 Å². The molecule has 1 fully saturated rings. The van der Waals surface area contributed by atoms with Gasteiger partial charge < -0.3 is 4.52 Å². The zero-order valence-corrected chi connectivity index (χ0v) is 10.7. The van der Waals surface area contributed by atoms with Crippen molar-refractivity contribution in [2.45, 2.75) is 25.8 Å². The molecule has 0 spiro atoms. The van der Waals surface area contributed by atoms with Gasteiger partial charge in [-0.25, -0.2) is 0 Å². The number of nitrogens with zero attached hydrogens (tertiary/aromatic N) is 2. The highest BCUT2D eigenvalue weighted by Gasteiger charge is 2.24. The van der Waals surface area contributed by atoms with Crippen molar-refractivity contribution in [2.75, 3.05) is 13.1 Å². The van der Waals surface area contributed by atoms with Gasteiger partial charge in [0.25, 0.3) is 0 Å². The lowest BCUT2D eigenvalue weighted by Gasteiger charge is -2.15. The van der Waals surface area contributed by atoms with Gasteiger partial charge in [0.2, 0.25) is 0 Å². The summed E-state index contributed by atoms with van der Waals surface area (Å²) in [6, 6.07) is 10.8. The maximum atomic E-state index is 4.99. The summed E-state index contributed by atoms with van der Waals surface area (Å²) < 4.78 is 4.99. The molecule has 0 bridgehead atoms. The minimum Gasteiger partial charge on any atom is -0.364 e. The van der Waals surface area contributed by atoms with Crippen LogP contribution in [0.1, 0.15) is 29.2 Å². The number of rotatable bonds is 3. The SMILES string of the molecule is Cc1nocc1CN1CCC(c2ccccc2)C1. The lowest BCUT2D eigenvalue weighted by molar-refractivity contribution is 0.324. The summed E-state index contributed by atoms with van der Waals surface area (Å²) in [4.78, 5) is 2.48. The van der Waals surface area contributed by atoms with E-state index in [1.807, 2.05) is 6.92 Å². The van der Waals surface area contributed by atoms with Crippen molar-refractivity contribution in [1.29, 1.82) is 0 Å². The monoisotopic (exact) mass is 242 g/mol. The summed E-state index contributed by atoms with van der Waals surface area (Å²) in [5.74, 6) is 0.673. The van der Waals surface area contributed by atoms with E-state index >= 15 is 0 Å². The fourth-order valence-corrected chi connectivity index (χ4v) is 2.68. The van der Waals surface area contributed by atoms with E-state index in [1.165, 1.54) is 17.5 Å². The minimum absolute atomic E-state index is 0.673. The molecule has 1 aliphatic heterocycles. The Hall–Kier alpha value is -1.61. The molecule has 2 aromatic rings. The highest BCUT2D eigenvalue weighted by Crippen LogP contribution is 2.28. The Morgan fingerprint density at radius 2 is 2.17 bits per heavy atom. The normalized spacial score (nSPS) is 20.4. The van der Waals surface area contributed by atoms with Crippen molar-refractivity contribution in [2.24, 2.45) is 0 Å². The van der Waals surface area contributed by atoms with E-state index in [-0.39, 0.29) is 0 Å². The fraction of sp³-hybridized carbons (Fsp3) is 0.400. The van der Waals surface area contributed by atoms with Crippen LogP contribution in [-0.2, 0) is 6.54 Å². The molecule has 1 aromatic heterocycles. The average molecular weight is 242 g/mol. The zero-order valence-electron chi connectivity index (χ0n) is 10.7. The van der Waals surface area contributed by atoms with Crippen molar-refractivity contribution in [1.82, 2.24) is 10.1 Å². The summed E-state index contributed by atoms with van der Waals surface area (Å²) in [5, 5.41) is 3.93. The van der Waals surface area contributed by atoms with Gasteiger partial charge in [-0.05, 0) is 31.4 Å². The van der Waals surface area contributed by atoms with Gasteiger partial charge >= 0.3 is 0 Å². The molecule has 0 amide bonds. The van der Waals surface area contributed by atoms with Crippen LogP contribution in [0.15, 0.2) is 41.1 Å². The fourth-order valence-electron chi connectivity index (χ4n) is 2.68. The Morgan fingerprint density at radius 3 is 2.89 bits per heavy atom. The van der Waals surface area contributed by atoms with E-state index < -0.39 is 0 Å². The molecule has 1 saturated heterocycles. The predicted octanol–water partition coefficient (Wildman–Crippen LogP) is 2.97. The molecular formula is C15H18N2O. The molecule has 0 saturated carbocycles. The number of benzene rings is 1. The van der Waals surface area contributed by atoms with Crippen LogP contribution in [0.2, 0.25) is 0 Å². The Labute approximate surface area is 107 Å². The highest BCUT2D eigenvalue weighted by molar-refractivity contribution is 5.21. The Morgan fingerprint density at radius 1 is 1.33 bits per heavy atom. The average Bonchev–Trinajstić information content (AvgIpc) is 3.02. The highest BCUT2D eigenvalue weighted by atomic mass is 16.5. The minimum atomic E-state index is 0.673. The number of aryl methyl sites for hydroxylation is 1. The number of hydrogen-bond donors (Lipinski definition) is 0. The second kappa shape index (κ2) is 4.94. The van der Waals surface area contributed by atoms with Gasteiger partial charge in [0.05, 0.1) is 5.69 Å². The van der Waals surface area contributed by atoms with Gasteiger partial charge in [-0.3, -0.25) is 4.90 Å². The third-order valence-electron chi connectivity index (χ3n) is 3.79. The molecule has 2 heterocycles. The summed E-state index contributed by atoms with van der Waals surface area (Å²) in [6.45, 7) is 5.25. The first-order valence-electron chi connectivity index (χ1n) is 6.50. The van der Waals surface area contributed by atoms with Crippen molar-refractivity contribution in [3.05, 3.63) is 53.4 Å². The third-order valence-corrected chi connectivity index (χ3v) is 3.79. The standard InChI is InChI=1S/C15H18N2O/c1-12-15(11-18-16-12)10-17-8-7-14(9-17)13-5-3-2-4-6-13/h2-6,11,14H,7-10H2,1H3. The molecule has 1 aromatic carbocycles. The molecular weight excluding hydrogens is 224 g/mol. The zero-order chi connectivity index (χ0) is 12.4. The van der Waals surface area contributed by atoms with Crippen molar-refractivity contribution in [3.63, 3.8) is 0 Å². The first-order valence-corrected chi connectivity index (χ1v) is 6.50. The van der Waals surface area contributed by atoms with Gasteiger partial charge in [0.1, 0.15) is 6.26 Å². The summed E-state index contributed by atoms with van der Waals surface area (Å²) in [6.07, 6.45) is 3.01. The second-order valence-electron chi connectivity index (χ2n) is 5.06. The van der Waals surface area contributed by atoms with Crippen LogP contribution in [0, 0.1) is 6.92 Å². The van der Waals surface area contributed by atoms with Gasteiger partial charge in [0, 0.05) is 18.7 Å². The molecule has 94 valence electrons. The lowest BCUT2D eigenvalue weighted by Crippen LogP contribution is -2.19. The van der Waals surface area contributed by atoms with E-state index in [0.717, 1.165) is 25.3 Å². The van der Waals surface area contributed by atoms with Gasteiger partial charge in [0.15, 0.2) is 0 Å². The molecule has 1 unspecified atom stereocenters. The Bertz CT molecular complexity index is 506. The van der Waals surface area contributed by atoms with E-state index in [1.54, 1.807) is 6.26 Å². The van der Waals surface area contributed by atoms with Crippen LogP contribution < -0.4 is 0 Å². The smallest absolute Gasteiger partial charge is 0.128 e. The summed E-state index contributed by atoms with van der Waals surface area (Å²) in [5.41, 5.74) is 3.68. The Balaban J connectivity index is 1.64. The van der Waals surface area contributed by atoms with Gasteiger partial charge in [-0.15, -0.1) is 0 Å². The molecule has 0 aliphatic carbocycles.